The van der Waals surface area contributed by atoms with E-state index in [2.05, 4.69) is 10.2 Å². The van der Waals surface area contributed by atoms with Crippen LogP contribution in [0, 0.1) is 0 Å². The van der Waals surface area contributed by atoms with Crippen LogP contribution in [0.4, 0.5) is 0 Å². The number of rotatable bonds is 4. The monoisotopic (exact) mass is 230 g/mol. The lowest BCUT2D eigenvalue weighted by Gasteiger charge is -2.14. The van der Waals surface area contributed by atoms with E-state index in [1.807, 2.05) is 0 Å². The zero-order chi connectivity index (χ0) is 11.7. The Hall–Kier alpha value is -0.520. The Balaban J connectivity index is 2.65. The molecule has 0 fully saturated rings. The van der Waals surface area contributed by atoms with Crippen molar-refractivity contribution in [2.24, 2.45) is 0 Å². The fraction of sp³-hybridized carbons (Fsp3) is 0.800. The Kier molecular flexibility index (Phi) is 3.48. The Bertz CT molecular complexity index is 292. The van der Waals surface area contributed by atoms with Gasteiger partial charge >= 0.3 is 0 Å². The molecule has 15 heavy (non-hydrogen) atoms. The molecule has 1 aromatic rings. The van der Waals surface area contributed by atoms with Crippen LogP contribution in [0.15, 0.2) is 0 Å². The number of aromatic nitrogens is 2. The smallest absolute Gasteiger partial charge is 0.120 e. The van der Waals surface area contributed by atoms with Crippen LogP contribution < -0.4 is 0 Å². The first-order chi connectivity index (χ1) is 6.66. The first kappa shape index (κ1) is 12.5. The Morgan fingerprint density at radius 2 is 1.27 bits per heavy atom. The minimum atomic E-state index is -0.758. The summed E-state index contributed by atoms with van der Waals surface area (Å²) in [5.41, 5.74) is -1.52. The van der Waals surface area contributed by atoms with Gasteiger partial charge in [-0.1, -0.05) is 0 Å². The van der Waals surface area contributed by atoms with Gasteiger partial charge in [0.2, 0.25) is 0 Å². The number of hydrogen-bond donors (Lipinski definition) is 2. The highest BCUT2D eigenvalue weighted by Gasteiger charge is 2.20. The van der Waals surface area contributed by atoms with Gasteiger partial charge in [0, 0.05) is 12.8 Å². The molecule has 0 radical (unpaired) electrons. The molecule has 86 valence electrons. The van der Waals surface area contributed by atoms with E-state index in [9.17, 15) is 10.2 Å². The van der Waals surface area contributed by atoms with E-state index >= 15 is 0 Å². The highest BCUT2D eigenvalue weighted by molar-refractivity contribution is 7.11. The van der Waals surface area contributed by atoms with Gasteiger partial charge in [0.1, 0.15) is 10.0 Å². The second kappa shape index (κ2) is 4.15. The van der Waals surface area contributed by atoms with Crippen molar-refractivity contribution >= 4 is 11.3 Å². The van der Waals surface area contributed by atoms with Crippen LogP contribution in [0.2, 0.25) is 0 Å². The molecule has 1 aromatic heterocycles. The van der Waals surface area contributed by atoms with Crippen molar-refractivity contribution in [3.63, 3.8) is 0 Å². The van der Waals surface area contributed by atoms with E-state index in [4.69, 9.17) is 0 Å². The molecule has 1 heterocycles. The third-order valence-corrected chi connectivity index (χ3v) is 2.60. The predicted molar refractivity (Wildman–Crippen MR) is 59.9 cm³/mol. The van der Waals surface area contributed by atoms with Crippen LogP contribution in [-0.4, -0.2) is 31.6 Å². The van der Waals surface area contributed by atoms with Gasteiger partial charge in [-0.3, -0.25) is 0 Å². The molecule has 0 aromatic carbocycles. The Morgan fingerprint density at radius 3 is 1.53 bits per heavy atom. The van der Waals surface area contributed by atoms with Gasteiger partial charge in [-0.25, -0.2) is 0 Å². The van der Waals surface area contributed by atoms with E-state index in [-0.39, 0.29) is 0 Å². The summed E-state index contributed by atoms with van der Waals surface area (Å²) in [6.45, 7) is 6.96. The Morgan fingerprint density at radius 1 is 0.933 bits per heavy atom. The van der Waals surface area contributed by atoms with Crippen molar-refractivity contribution < 1.29 is 10.2 Å². The lowest BCUT2D eigenvalue weighted by atomic mass is 10.1. The molecule has 1 rings (SSSR count). The topological polar surface area (TPSA) is 66.2 Å². The summed E-state index contributed by atoms with van der Waals surface area (Å²) in [5.74, 6) is 0. The van der Waals surface area contributed by atoms with Crippen LogP contribution in [0.1, 0.15) is 37.7 Å². The molecule has 5 heteroatoms. The van der Waals surface area contributed by atoms with Crippen molar-refractivity contribution in [2.75, 3.05) is 0 Å². The predicted octanol–water partition coefficient (Wildman–Crippen LogP) is 1.16. The molecule has 0 aliphatic rings. The van der Waals surface area contributed by atoms with Gasteiger partial charge < -0.3 is 10.2 Å². The Labute approximate surface area is 94.0 Å². The fourth-order valence-corrected chi connectivity index (χ4v) is 2.46. The average Bonchev–Trinajstić information content (AvgIpc) is 2.28. The van der Waals surface area contributed by atoms with E-state index in [0.29, 0.717) is 12.8 Å². The molecular formula is C10H18N2O2S. The largest absolute Gasteiger partial charge is 0.390 e. The van der Waals surface area contributed by atoms with Gasteiger partial charge in [-0.2, -0.15) is 0 Å². The molecular weight excluding hydrogens is 212 g/mol. The number of aliphatic hydroxyl groups is 2. The maximum Gasteiger partial charge on any atom is 0.120 e. The zero-order valence-electron chi connectivity index (χ0n) is 9.61. The first-order valence-corrected chi connectivity index (χ1v) is 5.73. The van der Waals surface area contributed by atoms with Crippen LogP contribution in [0.3, 0.4) is 0 Å². The molecule has 2 N–H and O–H groups in total. The second-order valence-electron chi connectivity index (χ2n) is 5.07. The highest BCUT2D eigenvalue weighted by Crippen LogP contribution is 2.20. The molecule has 0 atom stereocenters. The maximum atomic E-state index is 9.60. The molecule has 0 saturated carbocycles. The number of nitrogens with zero attached hydrogens (tertiary/aromatic N) is 2. The van der Waals surface area contributed by atoms with E-state index in [0.717, 1.165) is 10.0 Å². The summed E-state index contributed by atoms with van der Waals surface area (Å²) in [6.07, 6.45) is 0.993. The van der Waals surface area contributed by atoms with Crippen LogP contribution >= 0.6 is 11.3 Å². The van der Waals surface area contributed by atoms with Crippen molar-refractivity contribution in [2.45, 2.75) is 51.7 Å². The van der Waals surface area contributed by atoms with Gasteiger partial charge in [-0.15, -0.1) is 21.5 Å². The van der Waals surface area contributed by atoms with Gasteiger partial charge in [-0.05, 0) is 27.7 Å². The van der Waals surface area contributed by atoms with Gasteiger partial charge in [0.05, 0.1) is 11.2 Å². The molecule has 0 aliphatic heterocycles. The van der Waals surface area contributed by atoms with Gasteiger partial charge in [0.15, 0.2) is 0 Å². The molecule has 0 amide bonds. The summed E-state index contributed by atoms with van der Waals surface area (Å²) in [6, 6.07) is 0. The maximum absolute atomic E-state index is 9.60. The highest BCUT2D eigenvalue weighted by atomic mass is 32.1. The normalized spacial score (nSPS) is 13.2. The lowest BCUT2D eigenvalue weighted by molar-refractivity contribution is 0.0797. The zero-order valence-corrected chi connectivity index (χ0v) is 10.4. The van der Waals surface area contributed by atoms with E-state index in [1.54, 1.807) is 27.7 Å². The summed E-state index contributed by atoms with van der Waals surface area (Å²) >= 11 is 1.44. The molecule has 4 nitrogen and oxygen atoms in total. The van der Waals surface area contributed by atoms with Crippen LogP contribution in [0.25, 0.3) is 0 Å². The number of hydrogen-bond acceptors (Lipinski definition) is 5. The minimum absolute atomic E-state index is 0.497. The third kappa shape index (κ3) is 5.20. The standard InChI is InChI=1S/C10H18N2O2S/c1-9(2,13)5-7-11-12-8(15-7)6-10(3,4)14/h13-14H,5-6H2,1-4H3. The molecule has 0 spiro atoms. The first-order valence-electron chi connectivity index (χ1n) is 4.92. The van der Waals surface area contributed by atoms with Crippen molar-refractivity contribution in [3.8, 4) is 0 Å². The van der Waals surface area contributed by atoms with E-state index < -0.39 is 11.2 Å². The summed E-state index contributed by atoms with van der Waals surface area (Å²) in [4.78, 5) is 0. The molecule has 0 saturated heterocycles. The van der Waals surface area contributed by atoms with Crippen LogP contribution in [0.5, 0.6) is 0 Å². The van der Waals surface area contributed by atoms with E-state index in [1.165, 1.54) is 11.3 Å². The lowest BCUT2D eigenvalue weighted by Crippen LogP contribution is -2.21. The SMILES string of the molecule is CC(C)(O)Cc1nnc(CC(C)(C)O)s1. The fourth-order valence-electron chi connectivity index (χ4n) is 1.17. The summed E-state index contributed by atoms with van der Waals surface area (Å²) in [7, 11) is 0. The molecule has 0 aliphatic carbocycles. The molecule has 0 bridgehead atoms. The van der Waals surface area contributed by atoms with Crippen molar-refractivity contribution in [1.82, 2.24) is 10.2 Å². The molecule has 0 unspecified atom stereocenters. The van der Waals surface area contributed by atoms with Crippen molar-refractivity contribution in [1.29, 1.82) is 0 Å². The minimum Gasteiger partial charge on any atom is -0.390 e. The van der Waals surface area contributed by atoms with Gasteiger partial charge in [0.25, 0.3) is 0 Å². The summed E-state index contributed by atoms with van der Waals surface area (Å²) in [5, 5.41) is 28.8. The third-order valence-electron chi connectivity index (χ3n) is 1.68. The second-order valence-corrected chi connectivity index (χ2v) is 6.21. The van der Waals surface area contributed by atoms with Crippen molar-refractivity contribution in [3.05, 3.63) is 10.0 Å². The average molecular weight is 230 g/mol. The van der Waals surface area contributed by atoms with Crippen LogP contribution in [-0.2, 0) is 12.8 Å². The summed E-state index contributed by atoms with van der Waals surface area (Å²) < 4.78 is 0. The quantitative estimate of drug-likeness (QED) is 0.814.